The molecule has 0 aromatic rings. The monoisotopic (exact) mass is 470 g/mol. The molecule has 0 aliphatic carbocycles. The Kier molecular flexibility index (Phi) is 28.8. The molecule has 0 amide bonds. The minimum Gasteiger partial charge on any atom is -0.778 e. The molecule has 0 rings (SSSR count). The number of hydrogen-bond acceptors (Lipinski definition) is 6. The Morgan fingerprint density at radius 3 is 1.26 bits per heavy atom. The summed E-state index contributed by atoms with van der Waals surface area (Å²) < 4.78 is 10.00. The second-order valence-corrected chi connectivity index (χ2v) is 7.39. The summed E-state index contributed by atoms with van der Waals surface area (Å²) in [6.45, 7) is 9.18. The van der Waals surface area contributed by atoms with E-state index in [2.05, 4.69) is 13.8 Å². The number of carbonyl (C=O) groups excluding carboxylic acids is 2. The summed E-state index contributed by atoms with van der Waals surface area (Å²) in [5.74, 6) is -0.456. The van der Waals surface area contributed by atoms with Gasteiger partial charge in [-0.1, -0.05) is 89.6 Å². The molecule has 0 aromatic heterocycles. The van der Waals surface area contributed by atoms with Crippen LogP contribution < -0.4 is 0 Å². The van der Waals surface area contributed by atoms with Crippen molar-refractivity contribution in [1.82, 2.24) is 0 Å². The average Bonchev–Trinajstić information content (AvgIpc) is 2.66. The first kappa shape index (κ1) is 31.9. The fourth-order valence-electron chi connectivity index (χ4n) is 1.92. The van der Waals surface area contributed by atoms with Gasteiger partial charge < -0.3 is 34.7 Å². The van der Waals surface area contributed by atoms with Gasteiger partial charge in [0.25, 0.3) is 11.9 Å². The van der Waals surface area contributed by atoms with Crippen LogP contribution in [0.1, 0.15) is 91.9 Å². The molecule has 7 heteroatoms. The third-order valence-electron chi connectivity index (χ3n) is 3.75. The van der Waals surface area contributed by atoms with Crippen LogP contribution in [0, 0.1) is 0 Å². The SMILES string of the molecule is CCCCCCOC(=O)C([S-])CC.CCCCCCOC(=O)C([S-])CC.[Zn+2]. The van der Waals surface area contributed by atoms with Gasteiger partial charge in [0.1, 0.15) is 0 Å². The van der Waals surface area contributed by atoms with Gasteiger partial charge in [0.05, 0.1) is 13.2 Å². The summed E-state index contributed by atoms with van der Waals surface area (Å²) in [6, 6.07) is 0. The molecule has 0 saturated carbocycles. The molecular weight excluding hydrogens is 434 g/mol. The van der Waals surface area contributed by atoms with Crippen molar-refractivity contribution in [1.29, 1.82) is 0 Å². The van der Waals surface area contributed by atoms with Crippen LogP contribution in [0.4, 0.5) is 0 Å². The van der Waals surface area contributed by atoms with Gasteiger partial charge in [-0.2, -0.15) is 0 Å². The van der Waals surface area contributed by atoms with E-state index in [9.17, 15) is 9.59 Å². The number of unbranched alkanes of at least 4 members (excludes halogenated alkanes) is 6. The number of hydrogen-bond donors (Lipinski definition) is 0. The van der Waals surface area contributed by atoms with Gasteiger partial charge in [-0.25, -0.2) is 0 Å². The van der Waals surface area contributed by atoms with E-state index in [0.29, 0.717) is 26.1 Å². The van der Waals surface area contributed by atoms with E-state index in [0.717, 1.165) is 25.7 Å². The Labute approximate surface area is 190 Å². The molecule has 0 fully saturated rings. The van der Waals surface area contributed by atoms with Crippen LogP contribution in [0.15, 0.2) is 0 Å². The van der Waals surface area contributed by atoms with Gasteiger partial charge in [-0.15, -0.1) is 0 Å². The summed E-state index contributed by atoms with van der Waals surface area (Å²) in [4.78, 5) is 22.2. The zero-order chi connectivity index (χ0) is 20.2. The van der Waals surface area contributed by atoms with Crippen LogP contribution in [-0.4, -0.2) is 35.7 Å². The standard InChI is InChI=1S/2C10H20O2S.Zn/c2*1-3-5-6-7-8-12-10(11)9(13)4-2;/h2*9,13H,3-8H2,1-2H3;/q;;+2/p-2. The van der Waals surface area contributed by atoms with Crippen LogP contribution in [0.3, 0.4) is 0 Å². The van der Waals surface area contributed by atoms with Crippen molar-refractivity contribution < 1.29 is 38.5 Å². The van der Waals surface area contributed by atoms with E-state index in [1.807, 2.05) is 13.8 Å². The number of ether oxygens (including phenoxy) is 2. The summed E-state index contributed by atoms with van der Waals surface area (Å²) in [6.07, 6.45) is 10.4. The van der Waals surface area contributed by atoms with Gasteiger partial charge in [0, 0.05) is 0 Å². The Morgan fingerprint density at radius 1 is 0.667 bits per heavy atom. The van der Waals surface area contributed by atoms with E-state index in [-0.39, 0.29) is 41.9 Å². The number of carbonyl (C=O) groups is 2. The molecule has 2 atom stereocenters. The van der Waals surface area contributed by atoms with Gasteiger partial charge >= 0.3 is 19.5 Å². The van der Waals surface area contributed by atoms with Crippen molar-refractivity contribution >= 4 is 37.2 Å². The second kappa shape index (κ2) is 24.3. The zero-order valence-corrected chi connectivity index (χ0v) is 22.4. The number of rotatable bonds is 14. The van der Waals surface area contributed by atoms with Crippen molar-refractivity contribution in [2.24, 2.45) is 0 Å². The van der Waals surface area contributed by atoms with Gasteiger partial charge in [-0.3, -0.25) is 9.59 Å². The molecule has 0 aliphatic heterocycles. The molecule has 0 heterocycles. The minimum atomic E-state index is -0.355. The summed E-state index contributed by atoms with van der Waals surface area (Å²) in [5, 5.41) is -0.711. The van der Waals surface area contributed by atoms with Crippen molar-refractivity contribution in [2.45, 2.75) is 102 Å². The Hall–Kier alpha value is 0.263. The van der Waals surface area contributed by atoms with Gasteiger partial charge in [0.15, 0.2) is 0 Å². The molecule has 156 valence electrons. The largest absolute Gasteiger partial charge is 2.00 e. The molecule has 2 unspecified atom stereocenters. The second-order valence-electron chi connectivity index (χ2n) is 6.25. The van der Waals surface area contributed by atoms with E-state index in [1.54, 1.807) is 0 Å². The minimum absolute atomic E-state index is 0. The van der Waals surface area contributed by atoms with Crippen molar-refractivity contribution in [3.63, 3.8) is 0 Å². The van der Waals surface area contributed by atoms with E-state index < -0.39 is 0 Å². The maximum Gasteiger partial charge on any atom is 2.00 e. The molecule has 0 aliphatic rings. The van der Waals surface area contributed by atoms with Crippen molar-refractivity contribution in [2.75, 3.05) is 13.2 Å². The van der Waals surface area contributed by atoms with E-state index in [4.69, 9.17) is 34.7 Å². The maximum atomic E-state index is 11.1. The third-order valence-corrected chi connectivity index (χ3v) is 4.80. The van der Waals surface area contributed by atoms with Crippen LogP contribution in [0.5, 0.6) is 0 Å². The molecule has 0 aromatic carbocycles. The summed E-state index contributed by atoms with van der Waals surface area (Å²) in [7, 11) is 0. The fraction of sp³-hybridized carbons (Fsp3) is 0.900. The number of esters is 2. The predicted octanol–water partition coefficient (Wildman–Crippen LogP) is 4.87. The van der Waals surface area contributed by atoms with E-state index >= 15 is 0 Å². The third kappa shape index (κ3) is 22.4. The smallest absolute Gasteiger partial charge is 0.778 e. The normalized spacial score (nSPS) is 12.1. The first-order chi connectivity index (χ1) is 12.4. The maximum absolute atomic E-state index is 11.1. The summed E-state index contributed by atoms with van der Waals surface area (Å²) in [5.41, 5.74) is 0. The Bertz CT molecular complexity index is 312. The topological polar surface area (TPSA) is 52.6 Å². The Morgan fingerprint density at radius 2 is 1.00 bits per heavy atom. The molecule has 27 heavy (non-hydrogen) atoms. The molecule has 0 radical (unpaired) electrons. The zero-order valence-electron chi connectivity index (χ0n) is 17.8. The summed E-state index contributed by atoms with van der Waals surface area (Å²) >= 11 is 9.78. The van der Waals surface area contributed by atoms with Crippen molar-refractivity contribution in [3.05, 3.63) is 0 Å². The predicted molar refractivity (Wildman–Crippen MR) is 113 cm³/mol. The molecule has 0 spiro atoms. The van der Waals surface area contributed by atoms with E-state index in [1.165, 1.54) is 25.7 Å². The molecule has 0 N–H and O–H groups in total. The van der Waals surface area contributed by atoms with Crippen LogP contribution in [0.2, 0.25) is 0 Å². The first-order valence-electron chi connectivity index (χ1n) is 10.1. The van der Waals surface area contributed by atoms with Gasteiger partial charge in [0.2, 0.25) is 0 Å². The molecule has 4 nitrogen and oxygen atoms in total. The molecule has 0 bridgehead atoms. The molecule has 0 saturated heterocycles. The average molecular weight is 472 g/mol. The van der Waals surface area contributed by atoms with Crippen molar-refractivity contribution in [3.8, 4) is 0 Å². The Balaban J connectivity index is -0.000000411. The molecular formula is C20H38O4S2Zn. The van der Waals surface area contributed by atoms with Crippen LogP contribution >= 0.6 is 0 Å². The van der Waals surface area contributed by atoms with Crippen LogP contribution in [-0.2, 0) is 63.8 Å². The first-order valence-corrected chi connectivity index (χ1v) is 11.0. The quantitative estimate of drug-likeness (QED) is 0.156. The van der Waals surface area contributed by atoms with Crippen LogP contribution in [0.25, 0.3) is 0 Å². The fourth-order valence-corrected chi connectivity index (χ4v) is 2.06. The van der Waals surface area contributed by atoms with Gasteiger partial charge in [-0.05, 0) is 12.8 Å².